The van der Waals surface area contributed by atoms with Crippen molar-refractivity contribution in [1.82, 2.24) is 10.3 Å². The number of thiazole rings is 1. The van der Waals surface area contributed by atoms with Crippen molar-refractivity contribution in [2.24, 2.45) is 5.92 Å². The van der Waals surface area contributed by atoms with Gasteiger partial charge in [-0.05, 0) is 42.9 Å². The largest absolute Gasteiger partial charge is 0.494 e. The standard InChI is InChI=1S/C21H28N2O4S3/c1-14(17-9-12-28-30-17)3-2-4-19(24)22-10-11-27-16-7-5-15(6-8-16)13-18-20(25)23-21(26)29-18/h5-8,14,17,25H,2-4,9-13H2,1H3,(H,22,24)(H,23,26). The Morgan fingerprint density at radius 2 is 2.17 bits per heavy atom. The lowest BCUT2D eigenvalue weighted by Crippen LogP contribution is -2.28. The van der Waals surface area contributed by atoms with Crippen LogP contribution in [0.5, 0.6) is 11.6 Å². The Kier molecular flexibility index (Phi) is 9.02. The molecule has 1 aliphatic rings. The average Bonchev–Trinajstić information content (AvgIpc) is 3.36. The number of nitrogens with one attached hydrogen (secondary N) is 2. The molecule has 1 aromatic carbocycles. The van der Waals surface area contributed by atoms with E-state index in [0.29, 0.717) is 36.8 Å². The number of aromatic hydroxyl groups is 1. The monoisotopic (exact) mass is 468 g/mol. The van der Waals surface area contributed by atoms with Gasteiger partial charge in [0.1, 0.15) is 12.4 Å². The van der Waals surface area contributed by atoms with Crippen LogP contribution in [-0.4, -0.2) is 40.2 Å². The maximum atomic E-state index is 12.0. The molecule has 2 unspecified atom stereocenters. The fourth-order valence-corrected chi connectivity index (χ4v) is 7.33. The predicted molar refractivity (Wildman–Crippen MR) is 126 cm³/mol. The molecule has 1 aromatic heterocycles. The molecule has 0 aliphatic carbocycles. The molecule has 2 atom stereocenters. The number of hydrogen-bond donors (Lipinski definition) is 3. The van der Waals surface area contributed by atoms with Gasteiger partial charge in [0, 0.05) is 23.8 Å². The summed E-state index contributed by atoms with van der Waals surface area (Å²) in [6, 6.07) is 7.51. The molecule has 2 aromatic rings. The number of aromatic amines is 1. The number of aromatic nitrogens is 1. The third-order valence-electron chi connectivity index (χ3n) is 5.06. The van der Waals surface area contributed by atoms with E-state index in [1.165, 1.54) is 12.2 Å². The predicted octanol–water partition coefficient (Wildman–Crippen LogP) is 4.19. The molecule has 3 rings (SSSR count). The van der Waals surface area contributed by atoms with Crippen LogP contribution >= 0.6 is 32.9 Å². The van der Waals surface area contributed by atoms with Gasteiger partial charge in [0.15, 0.2) is 0 Å². The molecule has 6 nitrogen and oxygen atoms in total. The normalized spacial score (nSPS) is 17.0. The smallest absolute Gasteiger partial charge is 0.307 e. The number of rotatable bonds is 11. The number of benzene rings is 1. The lowest BCUT2D eigenvalue weighted by Gasteiger charge is -2.16. The van der Waals surface area contributed by atoms with Crippen LogP contribution in [0.3, 0.4) is 0 Å². The first-order chi connectivity index (χ1) is 14.5. The van der Waals surface area contributed by atoms with E-state index >= 15 is 0 Å². The highest BCUT2D eigenvalue weighted by Crippen LogP contribution is 2.42. The minimum Gasteiger partial charge on any atom is -0.494 e. The van der Waals surface area contributed by atoms with Crippen molar-refractivity contribution in [3.05, 3.63) is 44.4 Å². The van der Waals surface area contributed by atoms with E-state index in [1.807, 2.05) is 45.9 Å². The van der Waals surface area contributed by atoms with Crippen molar-refractivity contribution < 1.29 is 14.6 Å². The molecule has 0 bridgehead atoms. The summed E-state index contributed by atoms with van der Waals surface area (Å²) in [6.07, 6.45) is 4.38. The second kappa shape index (κ2) is 11.7. The number of carbonyl (C=O) groups is 1. The Hall–Kier alpha value is -1.58. The molecule has 30 heavy (non-hydrogen) atoms. The van der Waals surface area contributed by atoms with E-state index in [4.69, 9.17) is 4.74 Å². The summed E-state index contributed by atoms with van der Waals surface area (Å²) in [6.45, 7) is 3.19. The van der Waals surface area contributed by atoms with Gasteiger partial charge in [-0.3, -0.25) is 14.6 Å². The van der Waals surface area contributed by atoms with Gasteiger partial charge in [-0.25, -0.2) is 0 Å². The van der Waals surface area contributed by atoms with E-state index in [2.05, 4.69) is 17.2 Å². The average molecular weight is 469 g/mol. The summed E-state index contributed by atoms with van der Waals surface area (Å²) >= 11 is 1.01. The molecule has 0 saturated carbocycles. The highest BCUT2D eigenvalue weighted by atomic mass is 33.1. The minimum absolute atomic E-state index is 0.0630. The van der Waals surface area contributed by atoms with Gasteiger partial charge in [0.2, 0.25) is 11.8 Å². The van der Waals surface area contributed by atoms with Gasteiger partial charge in [-0.2, -0.15) is 0 Å². The van der Waals surface area contributed by atoms with E-state index in [0.717, 1.165) is 40.7 Å². The summed E-state index contributed by atoms with van der Waals surface area (Å²) in [5.41, 5.74) is 0.977. The van der Waals surface area contributed by atoms with Crippen molar-refractivity contribution in [3.8, 4) is 11.6 Å². The van der Waals surface area contributed by atoms with Gasteiger partial charge in [0.05, 0.1) is 11.4 Å². The first-order valence-electron chi connectivity index (χ1n) is 10.2. The third-order valence-corrected chi connectivity index (χ3v) is 9.06. The Morgan fingerprint density at radius 1 is 1.37 bits per heavy atom. The summed E-state index contributed by atoms with van der Waals surface area (Å²) in [5, 5.41) is 13.3. The molecule has 1 amide bonds. The van der Waals surface area contributed by atoms with Crippen LogP contribution in [-0.2, 0) is 11.2 Å². The van der Waals surface area contributed by atoms with E-state index < -0.39 is 0 Å². The molecule has 1 saturated heterocycles. The Labute approximate surface area is 188 Å². The number of ether oxygens (including phenoxy) is 1. The van der Waals surface area contributed by atoms with Crippen molar-refractivity contribution in [3.63, 3.8) is 0 Å². The Balaban J connectivity index is 1.29. The van der Waals surface area contributed by atoms with Crippen LogP contribution in [0.4, 0.5) is 0 Å². The first-order valence-corrected chi connectivity index (χ1v) is 13.4. The second-order valence-electron chi connectivity index (χ2n) is 7.42. The summed E-state index contributed by atoms with van der Waals surface area (Å²) in [5.74, 6) is 2.67. The highest BCUT2D eigenvalue weighted by molar-refractivity contribution is 8.77. The second-order valence-corrected chi connectivity index (χ2v) is 11.2. The third kappa shape index (κ3) is 7.28. The van der Waals surface area contributed by atoms with Gasteiger partial charge < -0.3 is 15.2 Å². The number of H-pyrrole nitrogens is 1. The number of hydrogen-bond acceptors (Lipinski definition) is 7. The fraction of sp³-hybridized carbons (Fsp3) is 0.524. The molecule has 164 valence electrons. The van der Waals surface area contributed by atoms with Crippen LogP contribution in [0.1, 0.15) is 43.0 Å². The number of carbonyl (C=O) groups excluding carboxylic acids is 1. The Bertz CT molecular complexity index is 860. The SMILES string of the molecule is CC(CCCC(=O)NCCOc1ccc(Cc2sc(=O)[nH]c2O)cc1)C1CCSS1. The lowest BCUT2D eigenvalue weighted by atomic mass is 9.98. The first kappa shape index (κ1) is 23.1. The van der Waals surface area contributed by atoms with Gasteiger partial charge in [0.25, 0.3) is 0 Å². The van der Waals surface area contributed by atoms with Crippen LogP contribution in [0.2, 0.25) is 0 Å². The van der Waals surface area contributed by atoms with E-state index in [1.54, 1.807) is 0 Å². The highest BCUT2D eigenvalue weighted by Gasteiger charge is 2.22. The molecule has 3 N–H and O–H groups in total. The van der Waals surface area contributed by atoms with E-state index in [-0.39, 0.29) is 16.7 Å². The quantitative estimate of drug-likeness (QED) is 0.338. The molecule has 9 heteroatoms. The fourth-order valence-electron chi connectivity index (χ4n) is 3.31. The minimum atomic E-state index is -0.258. The summed E-state index contributed by atoms with van der Waals surface area (Å²) in [4.78, 5) is 26.0. The van der Waals surface area contributed by atoms with E-state index in [9.17, 15) is 14.7 Å². The molecular weight excluding hydrogens is 440 g/mol. The lowest BCUT2D eigenvalue weighted by molar-refractivity contribution is -0.121. The molecule has 0 spiro atoms. The van der Waals surface area contributed by atoms with Crippen LogP contribution in [0.25, 0.3) is 0 Å². The molecule has 1 fully saturated rings. The van der Waals surface area contributed by atoms with Crippen LogP contribution in [0, 0.1) is 5.92 Å². The van der Waals surface area contributed by atoms with Crippen LogP contribution < -0.4 is 14.9 Å². The van der Waals surface area contributed by atoms with Gasteiger partial charge >= 0.3 is 4.87 Å². The number of amides is 1. The zero-order valence-corrected chi connectivity index (χ0v) is 19.5. The van der Waals surface area contributed by atoms with Gasteiger partial charge in [-0.15, -0.1) is 0 Å². The van der Waals surface area contributed by atoms with Gasteiger partial charge in [-0.1, -0.05) is 52.0 Å². The summed E-state index contributed by atoms with van der Waals surface area (Å²) < 4.78 is 5.68. The molecular formula is C21H28N2O4S3. The molecule has 1 aliphatic heterocycles. The van der Waals surface area contributed by atoms with Crippen molar-refractivity contribution >= 4 is 38.8 Å². The van der Waals surface area contributed by atoms with Crippen molar-refractivity contribution in [2.45, 2.75) is 44.3 Å². The Morgan fingerprint density at radius 3 is 2.83 bits per heavy atom. The molecule has 0 radical (unpaired) electrons. The maximum absolute atomic E-state index is 12.0. The van der Waals surface area contributed by atoms with Crippen molar-refractivity contribution in [2.75, 3.05) is 18.9 Å². The van der Waals surface area contributed by atoms with Crippen molar-refractivity contribution in [1.29, 1.82) is 0 Å². The zero-order valence-electron chi connectivity index (χ0n) is 17.0. The topological polar surface area (TPSA) is 91.4 Å². The van der Waals surface area contributed by atoms with Crippen LogP contribution in [0.15, 0.2) is 29.1 Å². The summed E-state index contributed by atoms with van der Waals surface area (Å²) in [7, 11) is 3.97. The molecule has 2 heterocycles. The zero-order chi connectivity index (χ0) is 21.3. The maximum Gasteiger partial charge on any atom is 0.307 e.